The Morgan fingerprint density at radius 3 is 2.59 bits per heavy atom. The van der Waals surface area contributed by atoms with Crippen molar-refractivity contribution in [2.75, 3.05) is 6.26 Å². The fourth-order valence-electron chi connectivity index (χ4n) is 2.97. The third-order valence-corrected chi connectivity index (χ3v) is 6.66. The molecule has 32 heavy (non-hydrogen) atoms. The zero-order valence-electron chi connectivity index (χ0n) is 17.0. The van der Waals surface area contributed by atoms with Gasteiger partial charge in [-0.3, -0.25) is 10.2 Å². The summed E-state index contributed by atoms with van der Waals surface area (Å²) in [6.07, 6.45) is 2.42. The van der Waals surface area contributed by atoms with E-state index >= 15 is 0 Å². The SMILES string of the molecule is Cc1ccc(COc2ccc(/C=C3/C(=N)N4C(=NC3=O)SN=C4S(C)(=O)=O)cc2Cl)cc1. The maximum absolute atomic E-state index is 12.4. The lowest BCUT2D eigenvalue weighted by molar-refractivity contribution is -0.114. The molecule has 0 atom stereocenters. The molecule has 0 spiro atoms. The molecule has 2 heterocycles. The third-order valence-electron chi connectivity index (χ3n) is 4.61. The number of hydrogen-bond donors (Lipinski definition) is 1. The molecular weight excluding hydrogens is 472 g/mol. The van der Waals surface area contributed by atoms with Crippen molar-refractivity contribution in [3.8, 4) is 5.75 Å². The van der Waals surface area contributed by atoms with Crippen LogP contribution in [-0.4, -0.2) is 41.7 Å². The molecule has 2 aromatic rings. The van der Waals surface area contributed by atoms with Crippen LogP contribution in [0.4, 0.5) is 0 Å². The number of benzene rings is 2. The van der Waals surface area contributed by atoms with Crippen LogP contribution in [0.25, 0.3) is 6.08 Å². The summed E-state index contributed by atoms with van der Waals surface area (Å²) < 4.78 is 33.6. The van der Waals surface area contributed by atoms with Crippen molar-refractivity contribution < 1.29 is 17.9 Å². The number of amides is 1. The quantitative estimate of drug-likeness (QED) is 0.516. The number of aliphatic imine (C=N–C) groups is 1. The van der Waals surface area contributed by atoms with Crippen LogP contribution in [0.5, 0.6) is 5.75 Å². The molecule has 4 rings (SSSR count). The Hall–Kier alpha value is -2.95. The monoisotopic (exact) mass is 488 g/mol. The molecule has 0 saturated carbocycles. The van der Waals surface area contributed by atoms with Crippen molar-refractivity contribution in [2.45, 2.75) is 13.5 Å². The fraction of sp³-hybridized carbons (Fsp3) is 0.143. The van der Waals surface area contributed by atoms with Crippen molar-refractivity contribution in [2.24, 2.45) is 9.39 Å². The fourth-order valence-corrected chi connectivity index (χ4v) is 5.06. The molecule has 0 unspecified atom stereocenters. The number of carbonyl (C=O) groups excluding carboxylic acids is 1. The van der Waals surface area contributed by atoms with Crippen LogP contribution in [0, 0.1) is 12.3 Å². The van der Waals surface area contributed by atoms with Crippen LogP contribution >= 0.6 is 23.5 Å². The van der Waals surface area contributed by atoms with Gasteiger partial charge in [0.25, 0.3) is 5.91 Å². The maximum atomic E-state index is 12.4. The molecular formula is C21H17ClN4O4S2. The number of ether oxygens (including phenoxy) is 1. The number of sulfone groups is 1. The van der Waals surface area contributed by atoms with E-state index in [1.807, 2.05) is 31.2 Å². The van der Waals surface area contributed by atoms with Crippen LogP contribution in [0.1, 0.15) is 16.7 Å². The zero-order chi connectivity index (χ0) is 23.0. The zero-order valence-corrected chi connectivity index (χ0v) is 19.4. The molecule has 0 aliphatic carbocycles. The first-order valence-corrected chi connectivity index (χ1v) is 12.3. The molecule has 1 amide bonds. The Kier molecular flexibility index (Phi) is 5.93. The summed E-state index contributed by atoms with van der Waals surface area (Å²) in [5.74, 6) is -0.498. The van der Waals surface area contributed by atoms with E-state index in [1.54, 1.807) is 18.2 Å². The highest BCUT2D eigenvalue weighted by Crippen LogP contribution is 2.31. The summed E-state index contributed by atoms with van der Waals surface area (Å²) in [4.78, 5) is 17.4. The summed E-state index contributed by atoms with van der Waals surface area (Å²) in [5.41, 5.74) is 2.62. The van der Waals surface area contributed by atoms with Crippen molar-refractivity contribution in [1.29, 1.82) is 5.41 Å². The van der Waals surface area contributed by atoms with Crippen LogP contribution in [-0.2, 0) is 21.2 Å². The van der Waals surface area contributed by atoms with Gasteiger partial charge >= 0.3 is 0 Å². The first kappa shape index (κ1) is 22.3. The van der Waals surface area contributed by atoms with Gasteiger partial charge in [-0.25, -0.2) is 13.3 Å². The lowest BCUT2D eigenvalue weighted by Gasteiger charge is -2.23. The third kappa shape index (κ3) is 4.47. The Morgan fingerprint density at radius 2 is 1.94 bits per heavy atom. The molecule has 2 aliphatic rings. The minimum atomic E-state index is -3.71. The largest absolute Gasteiger partial charge is 0.487 e. The second-order valence-electron chi connectivity index (χ2n) is 7.14. The van der Waals surface area contributed by atoms with Crippen LogP contribution in [0.15, 0.2) is 57.4 Å². The van der Waals surface area contributed by atoms with Crippen molar-refractivity contribution >= 4 is 61.5 Å². The molecule has 0 aromatic heterocycles. The maximum Gasteiger partial charge on any atom is 0.283 e. The molecule has 0 fully saturated rings. The number of aryl methyl sites for hydroxylation is 1. The van der Waals surface area contributed by atoms with E-state index in [9.17, 15) is 13.2 Å². The Morgan fingerprint density at radius 1 is 1.22 bits per heavy atom. The van der Waals surface area contributed by atoms with Crippen LogP contribution in [0.3, 0.4) is 0 Å². The first-order chi connectivity index (χ1) is 15.1. The highest BCUT2D eigenvalue weighted by molar-refractivity contribution is 8.16. The molecule has 8 nitrogen and oxygen atoms in total. The number of hydrogen-bond acceptors (Lipinski definition) is 7. The summed E-state index contributed by atoms with van der Waals surface area (Å²) in [6.45, 7) is 2.36. The smallest absolute Gasteiger partial charge is 0.283 e. The summed E-state index contributed by atoms with van der Waals surface area (Å²) in [5, 5.41) is 8.42. The number of amidine groups is 3. The summed E-state index contributed by atoms with van der Waals surface area (Å²) in [6, 6.07) is 12.9. The van der Waals surface area contributed by atoms with Crippen molar-refractivity contribution in [3.63, 3.8) is 0 Å². The van der Waals surface area contributed by atoms with E-state index in [0.29, 0.717) is 22.9 Å². The van der Waals surface area contributed by atoms with Gasteiger partial charge in [-0.15, -0.1) is 0 Å². The molecule has 0 saturated heterocycles. The van der Waals surface area contributed by atoms with E-state index in [4.69, 9.17) is 21.7 Å². The number of halogens is 1. The van der Waals surface area contributed by atoms with Gasteiger partial charge in [0.2, 0.25) is 20.2 Å². The molecule has 0 radical (unpaired) electrons. The molecule has 1 N–H and O–H groups in total. The minimum absolute atomic E-state index is 0.0375. The number of nitrogens with one attached hydrogen (secondary N) is 1. The van der Waals surface area contributed by atoms with Gasteiger partial charge in [-0.1, -0.05) is 47.5 Å². The van der Waals surface area contributed by atoms with E-state index in [-0.39, 0.29) is 21.7 Å². The van der Waals surface area contributed by atoms with Gasteiger partial charge in [0, 0.05) is 6.26 Å². The summed E-state index contributed by atoms with van der Waals surface area (Å²) >= 11 is 7.09. The molecule has 11 heteroatoms. The predicted octanol–water partition coefficient (Wildman–Crippen LogP) is 3.85. The lowest BCUT2D eigenvalue weighted by Crippen LogP contribution is -2.45. The van der Waals surface area contributed by atoms with E-state index in [1.165, 1.54) is 6.08 Å². The van der Waals surface area contributed by atoms with Crippen molar-refractivity contribution in [1.82, 2.24) is 4.90 Å². The van der Waals surface area contributed by atoms with Gasteiger partial charge in [-0.05, 0) is 36.3 Å². The normalized spacial score (nSPS) is 17.3. The van der Waals surface area contributed by atoms with Crippen molar-refractivity contribution in [3.05, 3.63) is 69.8 Å². The van der Waals surface area contributed by atoms with Gasteiger partial charge < -0.3 is 4.74 Å². The molecule has 2 aromatic carbocycles. The Bertz CT molecular complexity index is 1330. The van der Waals surface area contributed by atoms with Gasteiger partial charge in [0.15, 0.2) is 0 Å². The van der Waals surface area contributed by atoms with Crippen LogP contribution < -0.4 is 4.74 Å². The van der Waals surface area contributed by atoms with E-state index < -0.39 is 15.7 Å². The number of nitrogens with zero attached hydrogens (tertiary/aromatic N) is 3. The molecule has 2 aliphatic heterocycles. The Labute approximate surface area is 194 Å². The van der Waals surface area contributed by atoms with E-state index in [0.717, 1.165) is 34.2 Å². The molecule has 164 valence electrons. The topological polar surface area (TPSA) is 112 Å². The first-order valence-electron chi connectivity index (χ1n) is 9.30. The summed E-state index contributed by atoms with van der Waals surface area (Å²) in [7, 11) is -3.71. The minimum Gasteiger partial charge on any atom is -0.487 e. The Balaban J connectivity index is 1.56. The number of fused-ring (bicyclic) bond motifs is 1. The second kappa shape index (κ2) is 8.53. The highest BCUT2D eigenvalue weighted by Gasteiger charge is 2.41. The average molecular weight is 489 g/mol. The van der Waals surface area contributed by atoms with Gasteiger partial charge in [0.1, 0.15) is 18.2 Å². The lowest BCUT2D eigenvalue weighted by atomic mass is 10.1. The highest BCUT2D eigenvalue weighted by atomic mass is 35.5. The van der Waals surface area contributed by atoms with Gasteiger partial charge in [-0.2, -0.15) is 9.39 Å². The second-order valence-corrected chi connectivity index (χ2v) is 10.2. The standard InChI is InChI=1S/C21H17ClN4O4S2/c1-12-3-5-13(6-4-12)11-30-17-8-7-14(10-16(17)22)9-15-18(23)26-20(24-19(15)27)31-25-21(26)32(2,28)29/h3-10,23H,11H2,1-2H3/b15-9-,23-18?. The van der Waals surface area contributed by atoms with E-state index in [2.05, 4.69) is 9.39 Å². The molecule has 0 bridgehead atoms. The predicted molar refractivity (Wildman–Crippen MR) is 127 cm³/mol. The van der Waals surface area contributed by atoms with Crippen LogP contribution in [0.2, 0.25) is 5.02 Å². The number of rotatable bonds is 4. The van der Waals surface area contributed by atoms with Gasteiger partial charge in [0.05, 0.1) is 22.5 Å². The average Bonchev–Trinajstić information content (AvgIpc) is 3.16. The number of carbonyl (C=O) groups is 1.